The number of ether oxygens (including phenoxy) is 1. The van der Waals surface area contributed by atoms with Gasteiger partial charge < -0.3 is 15.4 Å². The number of amides is 1. The highest BCUT2D eigenvalue weighted by Crippen LogP contribution is 2.14. The molecule has 1 aliphatic heterocycles. The van der Waals surface area contributed by atoms with E-state index in [1.807, 2.05) is 0 Å². The van der Waals surface area contributed by atoms with Crippen LogP contribution in [0, 0.1) is 0 Å². The molecule has 0 radical (unpaired) electrons. The fraction of sp³-hybridized carbons (Fsp3) is 0.312. The summed E-state index contributed by atoms with van der Waals surface area (Å²) in [5, 5.41) is 14.5. The van der Waals surface area contributed by atoms with Crippen molar-refractivity contribution in [2.24, 2.45) is 0 Å². The van der Waals surface area contributed by atoms with Gasteiger partial charge in [-0.3, -0.25) is 4.79 Å². The fourth-order valence-electron chi connectivity index (χ4n) is 2.31. The molecule has 3 rings (SSSR count). The molecule has 1 aliphatic rings. The smallest absolute Gasteiger partial charge is 0.256 e. The summed E-state index contributed by atoms with van der Waals surface area (Å²) in [6, 6.07) is 10.1. The minimum atomic E-state index is -0.254. The molecule has 1 saturated heterocycles. The number of hydrogen-bond donors (Lipinski definition) is 2. The van der Waals surface area contributed by atoms with Crippen molar-refractivity contribution in [2.75, 3.05) is 23.8 Å². The Hall–Kier alpha value is -2.18. The molecular weight excluding hydrogens is 316 g/mol. The largest absolute Gasteiger partial charge is 0.376 e. The molecule has 2 heterocycles. The molecule has 0 spiro atoms. The van der Waals surface area contributed by atoms with Crippen LogP contribution in [0.2, 0.25) is 5.02 Å². The summed E-state index contributed by atoms with van der Waals surface area (Å²) in [7, 11) is 0. The number of nitrogens with zero attached hydrogens (tertiary/aromatic N) is 2. The number of nitrogens with one attached hydrogen (secondary N) is 2. The highest BCUT2D eigenvalue weighted by atomic mass is 35.5. The predicted octanol–water partition coefficient (Wildman–Crippen LogP) is 2.97. The molecule has 1 atom stereocenters. The number of rotatable bonds is 5. The van der Waals surface area contributed by atoms with Gasteiger partial charge in [-0.05, 0) is 49.2 Å². The van der Waals surface area contributed by atoms with Crippen LogP contribution in [-0.2, 0) is 4.74 Å². The van der Waals surface area contributed by atoms with E-state index in [4.69, 9.17) is 16.3 Å². The Balaban J connectivity index is 1.54. The summed E-state index contributed by atoms with van der Waals surface area (Å²) in [4.78, 5) is 12.1. The number of carbonyl (C=O) groups is 1. The number of benzene rings is 1. The van der Waals surface area contributed by atoms with E-state index in [0.717, 1.165) is 19.4 Å². The van der Waals surface area contributed by atoms with E-state index in [1.54, 1.807) is 36.4 Å². The Bertz CT molecular complexity index is 655. The topological polar surface area (TPSA) is 76.1 Å². The third-order valence-corrected chi connectivity index (χ3v) is 3.80. The molecular formula is C16H17ClN4O2. The second-order valence-corrected chi connectivity index (χ2v) is 5.72. The van der Waals surface area contributed by atoms with Crippen LogP contribution >= 0.6 is 11.6 Å². The average molecular weight is 333 g/mol. The van der Waals surface area contributed by atoms with E-state index in [0.29, 0.717) is 28.8 Å². The van der Waals surface area contributed by atoms with Crippen molar-refractivity contribution in [3.05, 3.63) is 47.0 Å². The maximum Gasteiger partial charge on any atom is 0.256 e. The van der Waals surface area contributed by atoms with Crippen LogP contribution in [0.3, 0.4) is 0 Å². The van der Waals surface area contributed by atoms with E-state index < -0.39 is 0 Å². The predicted molar refractivity (Wildman–Crippen MR) is 88.9 cm³/mol. The molecule has 23 heavy (non-hydrogen) atoms. The fourth-order valence-corrected chi connectivity index (χ4v) is 2.43. The van der Waals surface area contributed by atoms with Gasteiger partial charge in [0.15, 0.2) is 5.82 Å². The molecule has 2 N–H and O–H groups in total. The van der Waals surface area contributed by atoms with Crippen LogP contribution in [0.5, 0.6) is 0 Å². The van der Waals surface area contributed by atoms with Gasteiger partial charge in [0.25, 0.3) is 5.91 Å². The molecule has 6 nitrogen and oxygen atoms in total. The number of hydrogen-bond acceptors (Lipinski definition) is 5. The SMILES string of the molecule is O=C(Nc1ccc(NCC2CCCO2)nn1)c1ccc(Cl)cc1. The van der Waals surface area contributed by atoms with Crippen LogP contribution in [0.1, 0.15) is 23.2 Å². The van der Waals surface area contributed by atoms with E-state index in [1.165, 1.54) is 0 Å². The molecule has 120 valence electrons. The van der Waals surface area contributed by atoms with Crippen LogP contribution in [0.25, 0.3) is 0 Å². The standard InChI is InChI=1S/C16H17ClN4O2/c17-12-5-3-11(4-6-12)16(22)19-15-8-7-14(20-21-15)18-10-13-2-1-9-23-13/h3-8,13H,1-2,9-10H2,(H,18,20)(H,19,21,22). The van der Waals surface area contributed by atoms with Gasteiger partial charge in [0.2, 0.25) is 0 Å². The first-order chi connectivity index (χ1) is 11.2. The molecule has 1 aromatic heterocycles. The van der Waals surface area contributed by atoms with Gasteiger partial charge in [-0.2, -0.15) is 0 Å². The second kappa shape index (κ2) is 7.39. The summed E-state index contributed by atoms with van der Waals surface area (Å²) in [6.07, 6.45) is 2.41. The van der Waals surface area contributed by atoms with Gasteiger partial charge in [-0.25, -0.2) is 0 Å². The molecule has 0 bridgehead atoms. The minimum absolute atomic E-state index is 0.237. The number of aromatic nitrogens is 2. The summed E-state index contributed by atoms with van der Waals surface area (Å²) < 4.78 is 5.53. The minimum Gasteiger partial charge on any atom is -0.376 e. The number of carbonyl (C=O) groups excluding carboxylic acids is 1. The van der Waals surface area contributed by atoms with Crippen LogP contribution < -0.4 is 10.6 Å². The summed E-state index contributed by atoms with van der Waals surface area (Å²) in [6.45, 7) is 1.54. The lowest BCUT2D eigenvalue weighted by Gasteiger charge is -2.11. The van der Waals surface area contributed by atoms with Gasteiger partial charge in [0.1, 0.15) is 5.82 Å². The summed E-state index contributed by atoms with van der Waals surface area (Å²) >= 11 is 5.80. The summed E-state index contributed by atoms with van der Waals surface area (Å²) in [5.74, 6) is 0.800. The van der Waals surface area contributed by atoms with Crippen LogP contribution in [-0.4, -0.2) is 35.4 Å². The van der Waals surface area contributed by atoms with Crippen molar-refractivity contribution in [1.29, 1.82) is 0 Å². The van der Waals surface area contributed by atoms with Crippen molar-refractivity contribution in [1.82, 2.24) is 10.2 Å². The molecule has 0 saturated carbocycles. The van der Waals surface area contributed by atoms with Crippen molar-refractivity contribution in [2.45, 2.75) is 18.9 Å². The van der Waals surface area contributed by atoms with Crippen molar-refractivity contribution < 1.29 is 9.53 Å². The lowest BCUT2D eigenvalue weighted by atomic mass is 10.2. The zero-order valence-corrected chi connectivity index (χ0v) is 13.2. The van der Waals surface area contributed by atoms with Gasteiger partial charge in [0, 0.05) is 23.7 Å². The number of anilines is 2. The Morgan fingerprint density at radius 2 is 1.91 bits per heavy atom. The molecule has 1 unspecified atom stereocenters. The maximum atomic E-state index is 12.1. The third kappa shape index (κ3) is 4.40. The van der Waals surface area contributed by atoms with Gasteiger partial charge in [0.05, 0.1) is 6.10 Å². The van der Waals surface area contributed by atoms with Gasteiger partial charge >= 0.3 is 0 Å². The maximum absolute atomic E-state index is 12.1. The zero-order valence-electron chi connectivity index (χ0n) is 12.5. The Morgan fingerprint density at radius 1 is 1.17 bits per heavy atom. The van der Waals surface area contributed by atoms with Crippen molar-refractivity contribution >= 4 is 29.1 Å². The summed E-state index contributed by atoms with van der Waals surface area (Å²) in [5.41, 5.74) is 0.511. The Labute approximate surface area is 139 Å². The molecule has 0 aliphatic carbocycles. The molecule has 7 heteroatoms. The first kappa shape index (κ1) is 15.7. The van der Waals surface area contributed by atoms with E-state index >= 15 is 0 Å². The third-order valence-electron chi connectivity index (χ3n) is 3.55. The first-order valence-electron chi connectivity index (χ1n) is 7.47. The monoisotopic (exact) mass is 332 g/mol. The van der Waals surface area contributed by atoms with E-state index in [9.17, 15) is 4.79 Å². The Morgan fingerprint density at radius 3 is 2.57 bits per heavy atom. The molecule has 2 aromatic rings. The van der Waals surface area contributed by atoms with Crippen LogP contribution in [0.15, 0.2) is 36.4 Å². The highest BCUT2D eigenvalue weighted by molar-refractivity contribution is 6.30. The molecule has 1 fully saturated rings. The lowest BCUT2D eigenvalue weighted by molar-refractivity contribution is 0.102. The zero-order chi connectivity index (χ0) is 16.1. The van der Waals surface area contributed by atoms with Crippen molar-refractivity contribution in [3.8, 4) is 0 Å². The van der Waals surface area contributed by atoms with Crippen molar-refractivity contribution in [3.63, 3.8) is 0 Å². The second-order valence-electron chi connectivity index (χ2n) is 5.28. The quantitative estimate of drug-likeness (QED) is 0.880. The van der Waals surface area contributed by atoms with Crippen LogP contribution in [0.4, 0.5) is 11.6 Å². The first-order valence-corrected chi connectivity index (χ1v) is 7.84. The van der Waals surface area contributed by atoms with Gasteiger partial charge in [-0.1, -0.05) is 11.6 Å². The van der Waals surface area contributed by atoms with Gasteiger partial charge in [-0.15, -0.1) is 10.2 Å². The average Bonchev–Trinajstić information content (AvgIpc) is 3.08. The normalized spacial score (nSPS) is 17.0. The van der Waals surface area contributed by atoms with E-state index in [2.05, 4.69) is 20.8 Å². The lowest BCUT2D eigenvalue weighted by Crippen LogP contribution is -2.19. The molecule has 1 aromatic carbocycles. The highest BCUT2D eigenvalue weighted by Gasteiger charge is 2.15. The number of halogens is 1. The Kier molecular flexibility index (Phi) is 5.05. The van der Waals surface area contributed by atoms with E-state index in [-0.39, 0.29) is 12.0 Å². The molecule has 1 amide bonds.